The lowest BCUT2D eigenvalue weighted by Crippen LogP contribution is -2.40. The molecule has 1 unspecified atom stereocenters. The predicted octanol–water partition coefficient (Wildman–Crippen LogP) is -0.0156. The second-order valence-electron chi connectivity index (χ2n) is 6.10. The Morgan fingerprint density at radius 1 is 1.46 bits per heavy atom. The highest BCUT2D eigenvalue weighted by molar-refractivity contribution is 7.03. The van der Waals surface area contributed by atoms with Crippen LogP contribution in [0.25, 0.3) is 0 Å². The number of fused-ring (bicyclic) bond motifs is 1. The molecule has 0 saturated carbocycles. The van der Waals surface area contributed by atoms with Crippen molar-refractivity contribution in [1.29, 1.82) is 0 Å². The van der Waals surface area contributed by atoms with Gasteiger partial charge in [-0.3, -0.25) is 9.48 Å². The van der Waals surface area contributed by atoms with E-state index in [0.29, 0.717) is 32.0 Å². The predicted molar refractivity (Wildman–Crippen MR) is 87.8 cm³/mol. The minimum Gasteiger partial charge on any atom is -0.379 e. The molecule has 0 fully saturated rings. The Labute approximate surface area is 144 Å². The van der Waals surface area contributed by atoms with E-state index in [1.165, 1.54) is 11.5 Å². The largest absolute Gasteiger partial charge is 0.379 e. The normalized spacial score (nSPS) is 17.3. The summed E-state index contributed by atoms with van der Waals surface area (Å²) in [5, 5.41) is 13.8. The molecule has 130 valence electrons. The molecule has 0 N–H and O–H groups in total. The number of hydrogen-bond acceptors (Lipinski definition) is 8. The molecule has 0 spiro atoms. The van der Waals surface area contributed by atoms with Gasteiger partial charge >= 0.3 is 0 Å². The lowest BCUT2D eigenvalue weighted by Gasteiger charge is -2.31. The minimum absolute atomic E-state index is 0.0476. The van der Waals surface area contributed by atoms with Crippen molar-refractivity contribution < 1.29 is 9.53 Å². The number of aromatic nitrogens is 5. The van der Waals surface area contributed by atoms with Crippen LogP contribution in [0.2, 0.25) is 0 Å². The number of amides is 1. The van der Waals surface area contributed by atoms with E-state index in [0.717, 1.165) is 17.9 Å². The second-order valence-corrected chi connectivity index (χ2v) is 6.71. The third-order valence-corrected chi connectivity index (χ3v) is 4.48. The van der Waals surface area contributed by atoms with Gasteiger partial charge in [0.15, 0.2) is 5.69 Å². The number of ether oxygens (including phenoxy) is 1. The molecular formula is C14H21N7O2S. The monoisotopic (exact) mass is 351 g/mol. The van der Waals surface area contributed by atoms with Crippen LogP contribution in [0.1, 0.15) is 27.8 Å². The van der Waals surface area contributed by atoms with Gasteiger partial charge in [0.05, 0.1) is 25.5 Å². The lowest BCUT2D eigenvalue weighted by molar-refractivity contribution is 0.0608. The number of rotatable bonds is 6. The summed E-state index contributed by atoms with van der Waals surface area (Å²) in [7, 11) is 5.89. The molecule has 1 amide bonds. The van der Waals surface area contributed by atoms with E-state index in [1.54, 1.807) is 15.0 Å². The van der Waals surface area contributed by atoms with Crippen molar-refractivity contribution in [3.05, 3.63) is 22.5 Å². The van der Waals surface area contributed by atoms with Crippen LogP contribution in [0.4, 0.5) is 0 Å². The Bertz CT molecular complexity index is 685. The van der Waals surface area contributed by atoms with Gasteiger partial charge in [0.1, 0.15) is 5.69 Å². The molecular weight excluding hydrogens is 330 g/mol. The maximum absolute atomic E-state index is 12.6. The van der Waals surface area contributed by atoms with E-state index in [-0.39, 0.29) is 11.8 Å². The van der Waals surface area contributed by atoms with Crippen molar-refractivity contribution in [2.75, 3.05) is 40.4 Å². The summed E-state index contributed by atoms with van der Waals surface area (Å²) in [6.45, 7) is 3.03. The summed E-state index contributed by atoms with van der Waals surface area (Å²) < 4.78 is 11.4. The van der Waals surface area contributed by atoms with Crippen LogP contribution in [-0.4, -0.2) is 80.7 Å². The molecule has 1 aliphatic heterocycles. The number of nitrogens with zero attached hydrogens (tertiary/aromatic N) is 7. The fraction of sp³-hybridized carbons (Fsp3) is 0.643. The molecule has 2 aromatic rings. The van der Waals surface area contributed by atoms with Crippen molar-refractivity contribution in [2.24, 2.45) is 7.05 Å². The highest BCUT2D eigenvalue weighted by Crippen LogP contribution is 2.27. The Morgan fingerprint density at radius 3 is 3.00 bits per heavy atom. The highest BCUT2D eigenvalue weighted by Gasteiger charge is 2.33. The molecule has 0 radical (unpaired) electrons. The smallest absolute Gasteiger partial charge is 0.275 e. The summed E-state index contributed by atoms with van der Waals surface area (Å²) in [6.07, 6.45) is 0. The average Bonchev–Trinajstić information content (AvgIpc) is 3.21. The van der Waals surface area contributed by atoms with E-state index < -0.39 is 0 Å². The van der Waals surface area contributed by atoms with Gasteiger partial charge < -0.3 is 14.5 Å². The van der Waals surface area contributed by atoms with Gasteiger partial charge in [0, 0.05) is 31.4 Å². The van der Waals surface area contributed by atoms with Crippen LogP contribution in [0.15, 0.2) is 5.38 Å². The van der Waals surface area contributed by atoms with Gasteiger partial charge in [-0.05, 0) is 25.6 Å². The zero-order chi connectivity index (χ0) is 17.1. The Balaban J connectivity index is 1.72. The standard InChI is InChI=1S/C14H21N7O2S/c1-19(2)4-5-23-8-10-6-21(14(22)12-9-24-18-16-12)7-11-13(10)20(3)17-15-11/h9-10H,4-8H2,1-3H3. The Hall–Kier alpha value is -1.91. The van der Waals surface area contributed by atoms with E-state index in [4.69, 9.17) is 4.74 Å². The van der Waals surface area contributed by atoms with Crippen LogP contribution in [0, 0.1) is 0 Å². The first kappa shape index (κ1) is 16.9. The number of aryl methyl sites for hydroxylation is 1. The third kappa shape index (κ3) is 3.60. The van der Waals surface area contributed by atoms with Crippen LogP contribution >= 0.6 is 11.5 Å². The van der Waals surface area contributed by atoms with Gasteiger partial charge in [-0.2, -0.15) is 0 Å². The molecule has 0 aromatic carbocycles. The Morgan fingerprint density at radius 2 is 2.29 bits per heavy atom. The van der Waals surface area contributed by atoms with E-state index in [9.17, 15) is 4.79 Å². The molecule has 0 aliphatic carbocycles. The van der Waals surface area contributed by atoms with E-state index in [2.05, 4.69) is 24.8 Å². The summed E-state index contributed by atoms with van der Waals surface area (Å²) in [5.41, 5.74) is 2.24. The van der Waals surface area contributed by atoms with Crippen molar-refractivity contribution in [3.8, 4) is 0 Å². The molecule has 24 heavy (non-hydrogen) atoms. The van der Waals surface area contributed by atoms with Crippen molar-refractivity contribution in [3.63, 3.8) is 0 Å². The molecule has 0 bridgehead atoms. The maximum Gasteiger partial charge on any atom is 0.275 e. The number of hydrogen-bond donors (Lipinski definition) is 0. The maximum atomic E-state index is 12.6. The zero-order valence-corrected chi connectivity index (χ0v) is 14.9. The summed E-state index contributed by atoms with van der Waals surface area (Å²) >= 11 is 1.17. The van der Waals surface area contributed by atoms with Crippen LogP contribution in [0.5, 0.6) is 0 Å². The first-order chi connectivity index (χ1) is 11.6. The van der Waals surface area contributed by atoms with Gasteiger partial charge in [-0.15, -0.1) is 10.2 Å². The molecule has 9 nitrogen and oxygen atoms in total. The molecule has 1 atom stereocenters. The fourth-order valence-electron chi connectivity index (χ4n) is 2.80. The topological polar surface area (TPSA) is 89.3 Å². The first-order valence-electron chi connectivity index (χ1n) is 7.73. The highest BCUT2D eigenvalue weighted by atomic mass is 32.1. The van der Waals surface area contributed by atoms with Crippen molar-refractivity contribution in [2.45, 2.75) is 12.5 Å². The zero-order valence-electron chi connectivity index (χ0n) is 14.0. The lowest BCUT2D eigenvalue weighted by atomic mass is 9.98. The summed E-state index contributed by atoms with van der Waals surface area (Å²) in [4.78, 5) is 16.4. The summed E-state index contributed by atoms with van der Waals surface area (Å²) in [6, 6.07) is 0. The molecule has 1 aliphatic rings. The fourth-order valence-corrected chi connectivity index (χ4v) is 3.23. The van der Waals surface area contributed by atoms with Crippen molar-refractivity contribution in [1.82, 2.24) is 34.4 Å². The molecule has 2 aromatic heterocycles. The van der Waals surface area contributed by atoms with E-state index >= 15 is 0 Å². The molecule has 3 rings (SSSR count). The van der Waals surface area contributed by atoms with Gasteiger partial charge in [0.2, 0.25) is 0 Å². The third-order valence-electron chi connectivity index (χ3n) is 3.98. The van der Waals surface area contributed by atoms with Crippen LogP contribution in [-0.2, 0) is 18.3 Å². The van der Waals surface area contributed by atoms with E-state index in [1.807, 2.05) is 21.1 Å². The van der Waals surface area contributed by atoms with Crippen LogP contribution < -0.4 is 0 Å². The van der Waals surface area contributed by atoms with Gasteiger partial charge in [0.25, 0.3) is 5.91 Å². The molecule has 0 saturated heterocycles. The van der Waals surface area contributed by atoms with Crippen molar-refractivity contribution >= 4 is 17.4 Å². The first-order valence-corrected chi connectivity index (χ1v) is 8.57. The second kappa shape index (κ2) is 7.32. The average molecular weight is 351 g/mol. The summed E-state index contributed by atoms with van der Waals surface area (Å²) in [5.74, 6) is -0.0789. The van der Waals surface area contributed by atoms with Gasteiger partial charge in [-0.25, -0.2) is 0 Å². The minimum atomic E-state index is -0.127. The number of likely N-dealkylation sites (N-methyl/N-ethyl adjacent to an activating group) is 1. The molecule has 3 heterocycles. The van der Waals surface area contributed by atoms with Crippen LogP contribution in [0.3, 0.4) is 0 Å². The SMILES string of the molecule is CN(C)CCOCC1CN(C(=O)c2csnn2)Cc2nnn(C)c21. The van der Waals surface area contributed by atoms with Gasteiger partial charge in [-0.1, -0.05) is 9.70 Å². The number of carbonyl (C=O) groups excluding carboxylic acids is 1. The number of carbonyl (C=O) groups is 1. The Kier molecular flexibility index (Phi) is 5.17. The molecule has 10 heteroatoms. The quantitative estimate of drug-likeness (QED) is 0.676.